The number of carbonyl (C=O) groups excluding carboxylic acids is 2. The van der Waals surface area contributed by atoms with Crippen LogP contribution in [0.15, 0.2) is 0 Å². The average Bonchev–Trinajstić information content (AvgIpc) is 3.14. The lowest BCUT2D eigenvalue weighted by Gasteiger charge is -2.37. The van der Waals surface area contributed by atoms with Gasteiger partial charge in [0, 0.05) is 50.6 Å². The van der Waals surface area contributed by atoms with Gasteiger partial charge in [-0.3, -0.25) is 9.59 Å². The fraction of sp³-hybridized carbons (Fsp3) is 0.895. The Morgan fingerprint density at radius 3 is 2.12 bits per heavy atom. The van der Waals surface area contributed by atoms with Crippen molar-refractivity contribution in [3.8, 4) is 0 Å². The van der Waals surface area contributed by atoms with E-state index in [0.717, 1.165) is 58.4 Å². The van der Waals surface area contributed by atoms with Crippen molar-refractivity contribution in [2.45, 2.75) is 44.9 Å². The molecule has 4 aliphatic rings. The predicted molar refractivity (Wildman–Crippen MR) is 92.4 cm³/mol. The first-order valence-corrected chi connectivity index (χ1v) is 9.85. The first-order chi connectivity index (χ1) is 11.6. The van der Waals surface area contributed by atoms with Gasteiger partial charge in [-0.15, -0.1) is 0 Å². The molecule has 24 heavy (non-hydrogen) atoms. The molecule has 5 nitrogen and oxygen atoms in total. The van der Waals surface area contributed by atoms with Gasteiger partial charge in [0.2, 0.25) is 11.8 Å². The molecule has 0 aromatic carbocycles. The number of likely N-dealkylation sites (N-methyl/N-ethyl adjacent to an activating group) is 1. The van der Waals surface area contributed by atoms with Crippen LogP contribution in [0.3, 0.4) is 0 Å². The topological polar surface area (TPSA) is 43.9 Å². The maximum absolute atomic E-state index is 13.3. The Balaban J connectivity index is 1.49. The van der Waals surface area contributed by atoms with Gasteiger partial charge in [-0.1, -0.05) is 19.3 Å². The van der Waals surface area contributed by atoms with Crippen molar-refractivity contribution in [3.05, 3.63) is 0 Å². The quantitative estimate of drug-likeness (QED) is 0.771. The molecular weight excluding hydrogens is 302 g/mol. The number of carbonyl (C=O) groups is 2. The standard InChI is InChI=1S/C19H31N3O2/c1-20-9-11-21(12-10-20)18(24)16-13-22(17(23)15-5-4-6-15)14-19(16)7-2-3-8-19/h15-16H,2-14H2,1H3. The van der Waals surface area contributed by atoms with Gasteiger partial charge in [0.15, 0.2) is 0 Å². The van der Waals surface area contributed by atoms with Crippen LogP contribution in [-0.4, -0.2) is 72.8 Å². The molecule has 0 radical (unpaired) electrons. The summed E-state index contributed by atoms with van der Waals surface area (Å²) in [7, 11) is 2.12. The molecule has 2 saturated heterocycles. The molecule has 134 valence electrons. The largest absolute Gasteiger partial charge is 0.341 e. The molecule has 2 aliphatic heterocycles. The van der Waals surface area contributed by atoms with Crippen LogP contribution >= 0.6 is 0 Å². The Hall–Kier alpha value is -1.10. The Bertz CT molecular complexity index is 503. The monoisotopic (exact) mass is 333 g/mol. The average molecular weight is 333 g/mol. The van der Waals surface area contributed by atoms with Crippen LogP contribution in [0.25, 0.3) is 0 Å². The van der Waals surface area contributed by atoms with Crippen molar-refractivity contribution in [3.63, 3.8) is 0 Å². The van der Waals surface area contributed by atoms with E-state index < -0.39 is 0 Å². The summed E-state index contributed by atoms with van der Waals surface area (Å²) >= 11 is 0. The first kappa shape index (κ1) is 16.4. The highest BCUT2D eigenvalue weighted by Crippen LogP contribution is 2.50. The number of likely N-dealkylation sites (tertiary alicyclic amines) is 1. The first-order valence-electron chi connectivity index (χ1n) is 9.85. The number of rotatable bonds is 2. The lowest BCUT2D eigenvalue weighted by Crippen LogP contribution is -2.51. The van der Waals surface area contributed by atoms with E-state index in [4.69, 9.17) is 0 Å². The SMILES string of the molecule is CN1CCN(C(=O)C2CN(C(=O)C3CCC3)CC23CCCC3)CC1. The van der Waals surface area contributed by atoms with Gasteiger partial charge in [0.25, 0.3) is 0 Å². The molecule has 1 atom stereocenters. The van der Waals surface area contributed by atoms with E-state index in [0.29, 0.717) is 18.4 Å². The molecule has 4 fully saturated rings. The molecule has 2 amide bonds. The van der Waals surface area contributed by atoms with Gasteiger partial charge in [0.1, 0.15) is 0 Å². The third-order valence-corrected chi connectivity index (χ3v) is 7.13. The Labute approximate surface area is 145 Å². The van der Waals surface area contributed by atoms with Crippen molar-refractivity contribution in [1.82, 2.24) is 14.7 Å². The van der Waals surface area contributed by atoms with E-state index in [1.165, 1.54) is 19.3 Å². The second-order valence-corrected chi connectivity index (χ2v) is 8.60. The molecule has 2 heterocycles. The van der Waals surface area contributed by atoms with Gasteiger partial charge < -0.3 is 14.7 Å². The van der Waals surface area contributed by atoms with Crippen LogP contribution in [0, 0.1) is 17.3 Å². The number of nitrogens with zero attached hydrogens (tertiary/aromatic N) is 3. The normalized spacial score (nSPS) is 30.8. The van der Waals surface area contributed by atoms with Crippen molar-refractivity contribution in [2.75, 3.05) is 46.3 Å². The van der Waals surface area contributed by atoms with E-state index in [-0.39, 0.29) is 17.3 Å². The zero-order valence-electron chi connectivity index (χ0n) is 15.0. The molecule has 4 rings (SSSR count). The second kappa shape index (κ2) is 6.32. The Morgan fingerprint density at radius 2 is 1.54 bits per heavy atom. The van der Waals surface area contributed by atoms with Gasteiger partial charge in [-0.05, 0) is 32.7 Å². The summed E-state index contributed by atoms with van der Waals surface area (Å²) in [6, 6.07) is 0. The minimum atomic E-state index is 0.0485. The fourth-order valence-corrected chi connectivity index (χ4v) is 5.22. The predicted octanol–water partition coefficient (Wildman–Crippen LogP) is 1.58. The molecule has 1 spiro atoms. The molecule has 0 aromatic rings. The van der Waals surface area contributed by atoms with E-state index in [1.54, 1.807) is 0 Å². The Morgan fingerprint density at radius 1 is 0.875 bits per heavy atom. The summed E-state index contributed by atoms with van der Waals surface area (Å²) in [6.45, 7) is 5.15. The van der Waals surface area contributed by atoms with E-state index in [1.807, 2.05) is 0 Å². The lowest BCUT2D eigenvalue weighted by molar-refractivity contribution is -0.140. The third-order valence-electron chi connectivity index (χ3n) is 7.13. The van der Waals surface area contributed by atoms with Gasteiger partial charge >= 0.3 is 0 Å². The smallest absolute Gasteiger partial charge is 0.228 e. The van der Waals surface area contributed by atoms with Gasteiger partial charge in [-0.2, -0.15) is 0 Å². The van der Waals surface area contributed by atoms with E-state index >= 15 is 0 Å². The maximum Gasteiger partial charge on any atom is 0.228 e. The lowest BCUT2D eigenvalue weighted by atomic mass is 9.75. The van der Waals surface area contributed by atoms with Gasteiger partial charge in [0.05, 0.1) is 5.92 Å². The van der Waals surface area contributed by atoms with Crippen LogP contribution in [-0.2, 0) is 9.59 Å². The highest BCUT2D eigenvalue weighted by atomic mass is 16.2. The number of hydrogen-bond donors (Lipinski definition) is 0. The maximum atomic E-state index is 13.3. The summed E-state index contributed by atoms with van der Waals surface area (Å²) in [5, 5.41) is 0. The van der Waals surface area contributed by atoms with Crippen LogP contribution in [0.4, 0.5) is 0 Å². The zero-order valence-corrected chi connectivity index (χ0v) is 15.0. The van der Waals surface area contributed by atoms with Crippen LogP contribution in [0.2, 0.25) is 0 Å². The van der Waals surface area contributed by atoms with Crippen LogP contribution in [0.1, 0.15) is 44.9 Å². The van der Waals surface area contributed by atoms with Gasteiger partial charge in [-0.25, -0.2) is 0 Å². The molecule has 0 aromatic heterocycles. The number of piperazine rings is 1. The summed E-state index contributed by atoms with van der Waals surface area (Å²) < 4.78 is 0. The zero-order chi connectivity index (χ0) is 16.7. The highest BCUT2D eigenvalue weighted by Gasteiger charge is 2.53. The van der Waals surface area contributed by atoms with Crippen molar-refractivity contribution < 1.29 is 9.59 Å². The number of amides is 2. The number of hydrogen-bond acceptors (Lipinski definition) is 3. The summed E-state index contributed by atoms with van der Waals surface area (Å²) in [5.41, 5.74) is 0.0832. The molecule has 5 heteroatoms. The minimum Gasteiger partial charge on any atom is -0.341 e. The highest BCUT2D eigenvalue weighted by molar-refractivity contribution is 5.84. The summed E-state index contributed by atoms with van der Waals surface area (Å²) in [5.74, 6) is 0.962. The summed E-state index contributed by atoms with van der Waals surface area (Å²) in [4.78, 5) is 32.4. The minimum absolute atomic E-state index is 0.0485. The van der Waals surface area contributed by atoms with Crippen LogP contribution < -0.4 is 0 Å². The summed E-state index contributed by atoms with van der Waals surface area (Å²) in [6.07, 6.45) is 8.00. The van der Waals surface area contributed by atoms with Crippen molar-refractivity contribution in [2.24, 2.45) is 17.3 Å². The van der Waals surface area contributed by atoms with Crippen molar-refractivity contribution in [1.29, 1.82) is 0 Å². The fourth-order valence-electron chi connectivity index (χ4n) is 5.22. The molecule has 2 saturated carbocycles. The third kappa shape index (κ3) is 2.75. The molecule has 0 N–H and O–H groups in total. The van der Waals surface area contributed by atoms with E-state index in [2.05, 4.69) is 21.7 Å². The van der Waals surface area contributed by atoms with Crippen molar-refractivity contribution >= 4 is 11.8 Å². The molecular formula is C19H31N3O2. The molecule has 2 aliphatic carbocycles. The second-order valence-electron chi connectivity index (χ2n) is 8.60. The molecule has 1 unspecified atom stereocenters. The molecule has 0 bridgehead atoms. The Kier molecular flexibility index (Phi) is 4.31. The van der Waals surface area contributed by atoms with E-state index in [9.17, 15) is 9.59 Å². The van der Waals surface area contributed by atoms with Crippen LogP contribution in [0.5, 0.6) is 0 Å².